The lowest BCUT2D eigenvalue weighted by Crippen LogP contribution is -2.45. The fourth-order valence-electron chi connectivity index (χ4n) is 3.61. The van der Waals surface area contributed by atoms with Gasteiger partial charge >= 0.3 is 0 Å². The number of morpholine rings is 2. The molecule has 144 valence electrons. The van der Waals surface area contributed by atoms with Gasteiger partial charge in [0.05, 0.1) is 38.5 Å². The van der Waals surface area contributed by atoms with Crippen LogP contribution in [0.2, 0.25) is 0 Å². The second-order valence-electron chi connectivity index (χ2n) is 7.26. The lowest BCUT2D eigenvalue weighted by atomic mass is 10.2. The first-order valence-corrected chi connectivity index (χ1v) is 9.55. The van der Waals surface area contributed by atoms with E-state index in [1.165, 1.54) is 0 Å². The molecule has 2 fully saturated rings. The van der Waals surface area contributed by atoms with E-state index in [2.05, 4.69) is 29.7 Å². The molecule has 7 heteroatoms. The molecule has 0 aliphatic carbocycles. The van der Waals surface area contributed by atoms with Crippen molar-refractivity contribution in [3.05, 3.63) is 30.3 Å². The van der Waals surface area contributed by atoms with E-state index in [9.17, 15) is 0 Å². The summed E-state index contributed by atoms with van der Waals surface area (Å²) in [5, 5.41) is 0. The van der Waals surface area contributed by atoms with Crippen molar-refractivity contribution < 1.29 is 9.47 Å². The predicted octanol–water partition coefficient (Wildman–Crippen LogP) is 2.18. The van der Waals surface area contributed by atoms with Gasteiger partial charge in [0.15, 0.2) is 5.82 Å². The van der Waals surface area contributed by atoms with Crippen molar-refractivity contribution in [1.82, 2.24) is 9.97 Å². The molecule has 7 nitrogen and oxygen atoms in total. The van der Waals surface area contributed by atoms with Crippen molar-refractivity contribution in [3.63, 3.8) is 0 Å². The smallest absolute Gasteiger partial charge is 0.163 e. The van der Waals surface area contributed by atoms with Gasteiger partial charge in [0, 0.05) is 30.4 Å². The number of anilines is 3. The molecule has 2 saturated heterocycles. The zero-order valence-electron chi connectivity index (χ0n) is 16.0. The largest absolute Gasteiger partial charge is 0.399 e. The Kier molecular flexibility index (Phi) is 5.13. The summed E-state index contributed by atoms with van der Waals surface area (Å²) in [6.45, 7) is 8.86. The minimum atomic E-state index is 0.280. The molecule has 2 aromatic rings. The zero-order chi connectivity index (χ0) is 18.8. The lowest BCUT2D eigenvalue weighted by molar-refractivity contribution is 0.0978. The average molecular weight is 369 g/mol. The Bertz CT molecular complexity index is 742. The second kappa shape index (κ2) is 7.70. The highest BCUT2D eigenvalue weighted by Gasteiger charge is 2.25. The molecule has 1 aromatic carbocycles. The average Bonchev–Trinajstić information content (AvgIpc) is 2.69. The van der Waals surface area contributed by atoms with E-state index in [1.807, 2.05) is 24.3 Å². The van der Waals surface area contributed by atoms with Gasteiger partial charge in [-0.1, -0.05) is 0 Å². The summed E-state index contributed by atoms with van der Waals surface area (Å²) < 4.78 is 11.2. The maximum Gasteiger partial charge on any atom is 0.163 e. The van der Waals surface area contributed by atoms with Gasteiger partial charge in [-0.05, 0) is 38.1 Å². The van der Waals surface area contributed by atoms with E-state index in [4.69, 9.17) is 25.2 Å². The number of hydrogen-bond donors (Lipinski definition) is 1. The van der Waals surface area contributed by atoms with Gasteiger partial charge in [0.2, 0.25) is 0 Å². The van der Waals surface area contributed by atoms with Crippen LogP contribution < -0.4 is 15.5 Å². The van der Waals surface area contributed by atoms with Gasteiger partial charge in [-0.3, -0.25) is 0 Å². The Morgan fingerprint density at radius 1 is 0.889 bits per heavy atom. The van der Waals surface area contributed by atoms with Crippen LogP contribution in [0.25, 0.3) is 11.4 Å². The molecule has 2 aliphatic rings. The van der Waals surface area contributed by atoms with Gasteiger partial charge < -0.3 is 25.0 Å². The number of nitrogens with two attached hydrogens (primary N) is 1. The van der Waals surface area contributed by atoms with Gasteiger partial charge in [-0.2, -0.15) is 0 Å². The van der Waals surface area contributed by atoms with Crippen LogP contribution in [-0.2, 0) is 9.47 Å². The Morgan fingerprint density at radius 2 is 1.41 bits per heavy atom. The number of benzene rings is 1. The van der Waals surface area contributed by atoms with Crippen LogP contribution in [0.3, 0.4) is 0 Å². The molecule has 0 spiro atoms. The van der Waals surface area contributed by atoms with E-state index in [-0.39, 0.29) is 12.1 Å². The Labute approximate surface area is 160 Å². The summed E-state index contributed by atoms with van der Waals surface area (Å²) in [5.74, 6) is 2.61. The molecule has 0 bridgehead atoms. The molecule has 0 saturated carbocycles. The molecule has 2 aliphatic heterocycles. The minimum absolute atomic E-state index is 0.280. The summed E-state index contributed by atoms with van der Waals surface area (Å²) in [6, 6.07) is 10.4. The summed E-state index contributed by atoms with van der Waals surface area (Å²) in [4.78, 5) is 14.4. The summed E-state index contributed by atoms with van der Waals surface area (Å²) >= 11 is 0. The van der Waals surface area contributed by atoms with Crippen LogP contribution in [0.5, 0.6) is 0 Å². The fourth-order valence-corrected chi connectivity index (χ4v) is 3.61. The SMILES string of the molecule is C[C@@H]1COCCN1c1cc(N2CCOC[C@H]2C)nc(-c2ccc(N)cc2)n1. The maximum absolute atomic E-state index is 5.85. The fraction of sp³-hybridized carbons (Fsp3) is 0.500. The van der Waals surface area contributed by atoms with Crippen LogP contribution in [0, 0.1) is 0 Å². The highest BCUT2D eigenvalue weighted by molar-refractivity contribution is 5.64. The summed E-state index contributed by atoms with van der Waals surface area (Å²) in [5.41, 5.74) is 7.55. The van der Waals surface area contributed by atoms with E-state index in [0.717, 1.165) is 55.0 Å². The predicted molar refractivity (Wildman–Crippen MR) is 107 cm³/mol. The topological polar surface area (TPSA) is 76.7 Å². The first kappa shape index (κ1) is 18.0. The number of nitrogens with zero attached hydrogens (tertiary/aromatic N) is 4. The molecule has 1 aromatic heterocycles. The Hall–Kier alpha value is -2.38. The summed E-state index contributed by atoms with van der Waals surface area (Å²) in [6.07, 6.45) is 0. The van der Waals surface area contributed by atoms with Crippen molar-refractivity contribution in [2.75, 3.05) is 55.1 Å². The van der Waals surface area contributed by atoms with Crippen molar-refractivity contribution in [1.29, 1.82) is 0 Å². The lowest BCUT2D eigenvalue weighted by Gasteiger charge is -2.37. The molecule has 0 unspecified atom stereocenters. The van der Waals surface area contributed by atoms with Gasteiger partial charge in [0.1, 0.15) is 11.6 Å². The molecule has 2 atom stereocenters. The zero-order valence-corrected chi connectivity index (χ0v) is 16.0. The molecular formula is C20H27N5O2. The van der Waals surface area contributed by atoms with Crippen molar-refractivity contribution in [2.45, 2.75) is 25.9 Å². The summed E-state index contributed by atoms with van der Waals surface area (Å²) in [7, 11) is 0. The first-order chi connectivity index (χ1) is 13.1. The number of hydrogen-bond acceptors (Lipinski definition) is 7. The normalized spacial score (nSPS) is 23.5. The van der Waals surface area contributed by atoms with E-state index in [0.29, 0.717) is 13.2 Å². The molecule has 0 amide bonds. The van der Waals surface area contributed by atoms with Crippen LogP contribution in [0.4, 0.5) is 17.3 Å². The molecular weight excluding hydrogens is 342 g/mol. The standard InChI is InChI=1S/C20H27N5O2/c1-14-12-26-9-7-24(14)18-11-19(25-8-10-27-13-15(25)2)23-20(22-18)16-3-5-17(21)6-4-16/h3-6,11,14-15H,7-10,12-13,21H2,1-2H3/t14-,15-/m1/s1. The number of ether oxygens (including phenoxy) is 2. The minimum Gasteiger partial charge on any atom is -0.399 e. The van der Waals surface area contributed by atoms with Gasteiger partial charge in [0.25, 0.3) is 0 Å². The van der Waals surface area contributed by atoms with Gasteiger partial charge in [-0.25, -0.2) is 9.97 Å². The molecule has 3 heterocycles. The Balaban J connectivity index is 1.76. The second-order valence-corrected chi connectivity index (χ2v) is 7.26. The van der Waals surface area contributed by atoms with E-state index < -0.39 is 0 Å². The van der Waals surface area contributed by atoms with E-state index >= 15 is 0 Å². The third kappa shape index (κ3) is 3.84. The van der Waals surface area contributed by atoms with E-state index in [1.54, 1.807) is 0 Å². The Morgan fingerprint density at radius 3 is 1.89 bits per heavy atom. The van der Waals surface area contributed by atoms with Crippen molar-refractivity contribution in [2.24, 2.45) is 0 Å². The highest BCUT2D eigenvalue weighted by Crippen LogP contribution is 2.28. The van der Waals surface area contributed by atoms with Gasteiger partial charge in [-0.15, -0.1) is 0 Å². The number of aromatic nitrogens is 2. The quantitative estimate of drug-likeness (QED) is 0.831. The third-order valence-electron chi connectivity index (χ3n) is 5.19. The highest BCUT2D eigenvalue weighted by atomic mass is 16.5. The number of rotatable bonds is 3. The van der Waals surface area contributed by atoms with Crippen LogP contribution in [-0.4, -0.2) is 61.6 Å². The maximum atomic E-state index is 5.85. The monoisotopic (exact) mass is 369 g/mol. The van der Waals surface area contributed by atoms with Crippen molar-refractivity contribution in [3.8, 4) is 11.4 Å². The molecule has 0 radical (unpaired) electrons. The number of nitrogen functional groups attached to an aromatic ring is 1. The van der Waals surface area contributed by atoms with Crippen molar-refractivity contribution >= 4 is 17.3 Å². The third-order valence-corrected chi connectivity index (χ3v) is 5.19. The molecule has 2 N–H and O–H groups in total. The van der Waals surface area contributed by atoms with Crippen LogP contribution in [0.1, 0.15) is 13.8 Å². The molecule has 27 heavy (non-hydrogen) atoms. The van der Waals surface area contributed by atoms with Crippen LogP contribution in [0.15, 0.2) is 30.3 Å². The molecule has 4 rings (SSSR count). The van der Waals surface area contributed by atoms with Crippen LogP contribution >= 0.6 is 0 Å². The first-order valence-electron chi connectivity index (χ1n) is 9.55.